The molecule has 0 bridgehead atoms. The largest absolute Gasteiger partial charge is 0.457 e. The molecule has 1 aliphatic heterocycles. The molecule has 4 rings (SSSR count). The van der Waals surface area contributed by atoms with Crippen LogP contribution in [0.5, 0.6) is 0 Å². The van der Waals surface area contributed by atoms with Gasteiger partial charge in [0.1, 0.15) is 11.8 Å². The van der Waals surface area contributed by atoms with Crippen molar-refractivity contribution in [2.24, 2.45) is 0 Å². The molecule has 0 aliphatic carbocycles. The summed E-state index contributed by atoms with van der Waals surface area (Å²) in [5.74, 6) is -0.606. The maximum Gasteiger partial charge on any atom is 0.338 e. The molecule has 0 radical (unpaired) electrons. The summed E-state index contributed by atoms with van der Waals surface area (Å²) in [6, 6.07) is 17.1. The third kappa shape index (κ3) is 4.38. The second-order valence-corrected chi connectivity index (χ2v) is 9.28. The lowest BCUT2D eigenvalue weighted by Gasteiger charge is -2.28. The van der Waals surface area contributed by atoms with Crippen LogP contribution in [-0.4, -0.2) is 30.2 Å². The molecule has 0 atom stereocenters. The monoisotopic (exact) mass is 442 g/mol. The summed E-state index contributed by atoms with van der Waals surface area (Å²) >= 11 is 5.74. The van der Waals surface area contributed by atoms with E-state index in [1.165, 1.54) is 28.7 Å². The van der Waals surface area contributed by atoms with Crippen LogP contribution in [0.3, 0.4) is 0 Å². The number of carbonyl (C=O) groups is 1. The van der Waals surface area contributed by atoms with Crippen LogP contribution in [0.2, 0.25) is 5.15 Å². The number of hydrogen-bond acceptors (Lipinski definition) is 5. The van der Waals surface area contributed by atoms with Gasteiger partial charge >= 0.3 is 5.97 Å². The van der Waals surface area contributed by atoms with Crippen molar-refractivity contribution in [3.63, 3.8) is 0 Å². The van der Waals surface area contributed by atoms with E-state index in [2.05, 4.69) is 4.98 Å². The van der Waals surface area contributed by atoms with E-state index in [1.807, 2.05) is 24.3 Å². The van der Waals surface area contributed by atoms with Gasteiger partial charge < -0.3 is 4.74 Å². The van der Waals surface area contributed by atoms with Crippen LogP contribution in [0.1, 0.15) is 27.0 Å². The van der Waals surface area contributed by atoms with Crippen molar-refractivity contribution in [1.82, 2.24) is 9.29 Å². The van der Waals surface area contributed by atoms with Gasteiger partial charge in [0.25, 0.3) is 0 Å². The van der Waals surface area contributed by atoms with E-state index in [0.29, 0.717) is 30.2 Å². The number of fused-ring (bicyclic) bond motifs is 1. The van der Waals surface area contributed by atoms with E-state index < -0.39 is 16.0 Å². The first-order chi connectivity index (χ1) is 14.4. The minimum absolute atomic E-state index is 0.0168. The van der Waals surface area contributed by atoms with Crippen LogP contribution in [0.25, 0.3) is 0 Å². The van der Waals surface area contributed by atoms with Gasteiger partial charge in [0, 0.05) is 24.8 Å². The van der Waals surface area contributed by atoms with Crippen molar-refractivity contribution in [2.75, 3.05) is 6.54 Å². The Kier molecular flexibility index (Phi) is 5.85. The second kappa shape index (κ2) is 8.55. The first-order valence-corrected chi connectivity index (χ1v) is 11.2. The standard InChI is InChI=1S/C22H19ClN2O4S/c23-21-9-8-16(13-24-21)15-29-22(26)18-6-3-7-20(12-18)30(27,28)25-11-10-17-4-1-2-5-19(17)14-25/h1-9,12-13H,10-11,14-15H2. The van der Waals surface area contributed by atoms with E-state index in [0.717, 1.165) is 11.1 Å². The van der Waals surface area contributed by atoms with Gasteiger partial charge in [-0.25, -0.2) is 18.2 Å². The maximum atomic E-state index is 13.1. The average Bonchev–Trinajstić information content (AvgIpc) is 2.78. The Morgan fingerprint density at radius 3 is 2.63 bits per heavy atom. The molecule has 8 heteroatoms. The number of esters is 1. The Morgan fingerprint density at radius 2 is 1.87 bits per heavy atom. The van der Waals surface area contributed by atoms with Crippen molar-refractivity contribution in [1.29, 1.82) is 0 Å². The zero-order valence-electron chi connectivity index (χ0n) is 16.0. The molecule has 0 fully saturated rings. The number of ether oxygens (including phenoxy) is 1. The van der Waals surface area contributed by atoms with E-state index in [9.17, 15) is 13.2 Å². The number of pyridine rings is 1. The van der Waals surface area contributed by atoms with Gasteiger partial charge in [-0.2, -0.15) is 4.31 Å². The first kappa shape index (κ1) is 20.5. The molecule has 6 nitrogen and oxygen atoms in total. The molecule has 2 aromatic carbocycles. The van der Waals surface area contributed by atoms with Gasteiger partial charge in [0.05, 0.1) is 10.5 Å². The molecule has 3 aromatic rings. The fourth-order valence-electron chi connectivity index (χ4n) is 3.33. The van der Waals surface area contributed by atoms with E-state index in [4.69, 9.17) is 16.3 Å². The molecule has 0 saturated heterocycles. The third-order valence-corrected chi connectivity index (χ3v) is 7.03. The summed E-state index contributed by atoms with van der Waals surface area (Å²) in [7, 11) is -3.73. The van der Waals surface area contributed by atoms with Gasteiger partial charge in [-0.3, -0.25) is 0 Å². The predicted octanol–water partition coefficient (Wildman–Crippen LogP) is 3.84. The Balaban J connectivity index is 1.49. The van der Waals surface area contributed by atoms with E-state index >= 15 is 0 Å². The summed E-state index contributed by atoms with van der Waals surface area (Å²) in [5, 5.41) is 0.350. The van der Waals surface area contributed by atoms with Crippen molar-refractivity contribution >= 4 is 27.6 Å². The number of hydrogen-bond donors (Lipinski definition) is 0. The molecule has 2 heterocycles. The molecular weight excluding hydrogens is 424 g/mol. The number of rotatable bonds is 5. The van der Waals surface area contributed by atoms with Gasteiger partial charge in [-0.05, 0) is 41.8 Å². The number of halogens is 1. The molecule has 0 amide bonds. The smallest absolute Gasteiger partial charge is 0.338 e. The lowest BCUT2D eigenvalue weighted by Crippen LogP contribution is -2.36. The number of nitrogens with zero attached hydrogens (tertiary/aromatic N) is 2. The molecular formula is C22H19ClN2O4S. The summed E-state index contributed by atoms with van der Waals surface area (Å²) in [4.78, 5) is 16.4. The van der Waals surface area contributed by atoms with Gasteiger partial charge in [-0.1, -0.05) is 48.0 Å². The molecule has 0 N–H and O–H groups in total. The number of sulfonamides is 1. The number of carbonyl (C=O) groups excluding carboxylic acids is 1. The highest BCUT2D eigenvalue weighted by Crippen LogP contribution is 2.25. The number of benzene rings is 2. The first-order valence-electron chi connectivity index (χ1n) is 9.38. The summed E-state index contributed by atoms with van der Waals surface area (Å²) in [5.41, 5.74) is 3.02. The molecule has 30 heavy (non-hydrogen) atoms. The minimum atomic E-state index is -3.73. The Labute approximate surface area is 180 Å². The van der Waals surface area contributed by atoms with Gasteiger partial charge in [-0.15, -0.1) is 0 Å². The summed E-state index contributed by atoms with van der Waals surface area (Å²) < 4.78 is 33.0. The second-order valence-electron chi connectivity index (χ2n) is 6.95. The molecule has 0 saturated carbocycles. The van der Waals surface area contributed by atoms with Gasteiger partial charge in [0.2, 0.25) is 10.0 Å². The van der Waals surface area contributed by atoms with Crippen LogP contribution < -0.4 is 0 Å². The van der Waals surface area contributed by atoms with Crippen LogP contribution in [-0.2, 0) is 34.3 Å². The lowest BCUT2D eigenvalue weighted by molar-refractivity contribution is 0.0472. The van der Waals surface area contributed by atoms with Crippen molar-refractivity contribution in [3.8, 4) is 0 Å². The predicted molar refractivity (Wildman–Crippen MR) is 113 cm³/mol. The van der Waals surface area contributed by atoms with Crippen LogP contribution in [0.15, 0.2) is 71.8 Å². The zero-order chi connectivity index (χ0) is 21.1. The fraction of sp³-hybridized carbons (Fsp3) is 0.182. The maximum absolute atomic E-state index is 13.1. The Morgan fingerprint density at radius 1 is 1.07 bits per heavy atom. The van der Waals surface area contributed by atoms with E-state index in [1.54, 1.807) is 18.2 Å². The molecule has 1 aliphatic rings. The Bertz CT molecular complexity index is 1180. The van der Waals surface area contributed by atoms with Crippen LogP contribution in [0, 0.1) is 0 Å². The van der Waals surface area contributed by atoms with Crippen molar-refractivity contribution in [3.05, 3.63) is 94.3 Å². The zero-order valence-corrected chi connectivity index (χ0v) is 17.6. The quantitative estimate of drug-likeness (QED) is 0.443. The van der Waals surface area contributed by atoms with Gasteiger partial charge in [0.15, 0.2) is 0 Å². The summed E-state index contributed by atoms with van der Waals surface area (Å²) in [6.45, 7) is 0.733. The van der Waals surface area contributed by atoms with E-state index in [-0.39, 0.29) is 17.1 Å². The average molecular weight is 443 g/mol. The molecule has 0 spiro atoms. The summed E-state index contributed by atoms with van der Waals surface area (Å²) in [6.07, 6.45) is 2.18. The highest BCUT2D eigenvalue weighted by atomic mass is 35.5. The normalized spacial score (nSPS) is 14.2. The number of aromatic nitrogens is 1. The topological polar surface area (TPSA) is 76.6 Å². The van der Waals surface area contributed by atoms with Crippen molar-refractivity contribution in [2.45, 2.75) is 24.5 Å². The van der Waals surface area contributed by atoms with Crippen LogP contribution >= 0.6 is 11.6 Å². The molecule has 1 aromatic heterocycles. The van der Waals surface area contributed by atoms with Crippen LogP contribution in [0.4, 0.5) is 0 Å². The molecule has 154 valence electrons. The van der Waals surface area contributed by atoms with Crippen molar-refractivity contribution < 1.29 is 17.9 Å². The Hall–Kier alpha value is -2.74. The fourth-order valence-corrected chi connectivity index (χ4v) is 4.91. The highest BCUT2D eigenvalue weighted by Gasteiger charge is 2.28. The minimum Gasteiger partial charge on any atom is -0.457 e. The lowest BCUT2D eigenvalue weighted by atomic mass is 10.0. The SMILES string of the molecule is O=C(OCc1ccc(Cl)nc1)c1cccc(S(=O)(=O)N2CCc3ccccc3C2)c1. The molecule has 0 unspecified atom stereocenters. The highest BCUT2D eigenvalue weighted by molar-refractivity contribution is 7.89. The third-order valence-electron chi connectivity index (χ3n) is 4.96.